The van der Waals surface area contributed by atoms with Crippen molar-refractivity contribution in [3.05, 3.63) is 35.6 Å². The standard InChI is InChI=1S/C13H10FNO5/c1-20-8-5-3-6-2-4-7(14)9(11(6)15-8)10(12(16)17)13(18)19/h2-5,10H,1H3,(H,16,17)(H,18,19). The number of ether oxygens (including phenoxy) is 1. The maximum atomic E-state index is 13.9. The van der Waals surface area contributed by atoms with Gasteiger partial charge < -0.3 is 14.9 Å². The molecule has 0 spiro atoms. The molecule has 0 fully saturated rings. The van der Waals surface area contributed by atoms with Crippen LogP contribution < -0.4 is 4.74 Å². The van der Waals surface area contributed by atoms with Crippen LogP contribution in [0, 0.1) is 5.82 Å². The Kier molecular flexibility index (Phi) is 3.51. The van der Waals surface area contributed by atoms with Gasteiger partial charge in [-0.05, 0) is 18.2 Å². The van der Waals surface area contributed by atoms with E-state index >= 15 is 0 Å². The maximum absolute atomic E-state index is 13.9. The highest BCUT2D eigenvalue weighted by Crippen LogP contribution is 2.29. The van der Waals surface area contributed by atoms with E-state index in [0.29, 0.717) is 5.39 Å². The summed E-state index contributed by atoms with van der Waals surface area (Å²) >= 11 is 0. The molecule has 0 amide bonds. The van der Waals surface area contributed by atoms with Gasteiger partial charge in [-0.15, -0.1) is 0 Å². The van der Waals surface area contributed by atoms with Crippen LogP contribution in [0.15, 0.2) is 24.3 Å². The van der Waals surface area contributed by atoms with Gasteiger partial charge in [0.1, 0.15) is 5.82 Å². The van der Waals surface area contributed by atoms with Crippen LogP contribution in [-0.2, 0) is 9.59 Å². The molecule has 7 heteroatoms. The lowest BCUT2D eigenvalue weighted by atomic mass is 9.96. The van der Waals surface area contributed by atoms with E-state index in [1.54, 1.807) is 6.07 Å². The Bertz CT molecular complexity index is 686. The molecule has 1 aromatic carbocycles. The number of fused-ring (bicyclic) bond motifs is 1. The number of nitrogens with zero attached hydrogens (tertiary/aromatic N) is 1. The number of pyridine rings is 1. The molecule has 0 aliphatic heterocycles. The number of aliphatic carboxylic acids is 2. The van der Waals surface area contributed by atoms with Crippen LogP contribution in [0.25, 0.3) is 10.9 Å². The van der Waals surface area contributed by atoms with Crippen molar-refractivity contribution in [1.82, 2.24) is 4.98 Å². The molecule has 0 aliphatic carbocycles. The van der Waals surface area contributed by atoms with E-state index in [-0.39, 0.29) is 11.4 Å². The van der Waals surface area contributed by atoms with Gasteiger partial charge in [-0.25, -0.2) is 9.37 Å². The fourth-order valence-electron chi connectivity index (χ4n) is 1.91. The molecule has 0 atom stereocenters. The molecule has 2 aromatic rings. The number of carboxylic acid groups (broad SMARTS) is 2. The van der Waals surface area contributed by atoms with Crippen LogP contribution in [0.2, 0.25) is 0 Å². The van der Waals surface area contributed by atoms with E-state index in [4.69, 9.17) is 14.9 Å². The molecule has 1 heterocycles. The second kappa shape index (κ2) is 5.12. The Balaban J connectivity index is 2.81. The molecule has 0 radical (unpaired) electrons. The fraction of sp³-hybridized carbons (Fsp3) is 0.154. The summed E-state index contributed by atoms with van der Waals surface area (Å²) in [5.74, 6) is -6.15. The van der Waals surface area contributed by atoms with E-state index in [0.717, 1.165) is 6.07 Å². The van der Waals surface area contributed by atoms with E-state index < -0.39 is 29.2 Å². The van der Waals surface area contributed by atoms with Gasteiger partial charge in [0.05, 0.1) is 12.6 Å². The monoisotopic (exact) mass is 279 g/mol. The molecule has 2 rings (SSSR count). The zero-order valence-corrected chi connectivity index (χ0v) is 10.3. The molecule has 104 valence electrons. The van der Waals surface area contributed by atoms with Gasteiger partial charge in [-0.1, -0.05) is 0 Å². The molecule has 20 heavy (non-hydrogen) atoms. The van der Waals surface area contributed by atoms with E-state index in [2.05, 4.69) is 4.98 Å². The minimum atomic E-state index is -2.03. The van der Waals surface area contributed by atoms with Gasteiger partial charge >= 0.3 is 11.9 Å². The van der Waals surface area contributed by atoms with E-state index in [9.17, 15) is 14.0 Å². The average Bonchev–Trinajstić information content (AvgIpc) is 2.40. The van der Waals surface area contributed by atoms with Gasteiger partial charge in [-0.2, -0.15) is 0 Å². The first kappa shape index (κ1) is 13.7. The first-order valence-corrected chi connectivity index (χ1v) is 5.54. The number of carboxylic acids is 2. The van der Waals surface area contributed by atoms with Crippen LogP contribution in [0.4, 0.5) is 4.39 Å². The van der Waals surface area contributed by atoms with Crippen LogP contribution in [0.1, 0.15) is 11.5 Å². The number of benzene rings is 1. The van der Waals surface area contributed by atoms with Crippen molar-refractivity contribution in [2.75, 3.05) is 7.11 Å². The van der Waals surface area contributed by atoms with Crippen molar-refractivity contribution >= 4 is 22.8 Å². The molecule has 0 saturated heterocycles. The first-order chi connectivity index (χ1) is 9.45. The summed E-state index contributed by atoms with van der Waals surface area (Å²) in [4.78, 5) is 26.1. The minimum absolute atomic E-state index is 0.0425. The van der Waals surface area contributed by atoms with Gasteiger partial charge in [0.25, 0.3) is 0 Å². The number of carbonyl (C=O) groups is 2. The smallest absolute Gasteiger partial charge is 0.322 e. The van der Waals surface area contributed by atoms with Gasteiger partial charge in [0.15, 0.2) is 5.92 Å². The lowest BCUT2D eigenvalue weighted by Gasteiger charge is -2.12. The lowest BCUT2D eigenvalue weighted by Crippen LogP contribution is -2.22. The molecule has 0 aliphatic rings. The number of rotatable bonds is 4. The second-order valence-electron chi connectivity index (χ2n) is 4.00. The summed E-state index contributed by atoms with van der Waals surface area (Å²) in [7, 11) is 1.35. The third kappa shape index (κ3) is 2.25. The van der Waals surface area contributed by atoms with Crippen molar-refractivity contribution in [1.29, 1.82) is 0 Å². The zero-order chi connectivity index (χ0) is 14.9. The van der Waals surface area contributed by atoms with Crippen molar-refractivity contribution < 1.29 is 28.9 Å². The molecule has 1 aromatic heterocycles. The number of hydrogen-bond acceptors (Lipinski definition) is 4. The van der Waals surface area contributed by atoms with Gasteiger partial charge in [-0.3, -0.25) is 9.59 Å². The fourth-order valence-corrected chi connectivity index (χ4v) is 1.91. The van der Waals surface area contributed by atoms with Crippen molar-refractivity contribution in [2.24, 2.45) is 0 Å². The van der Waals surface area contributed by atoms with Crippen LogP contribution in [0.3, 0.4) is 0 Å². The topological polar surface area (TPSA) is 96.7 Å². The molecule has 2 N–H and O–H groups in total. The Morgan fingerprint density at radius 2 is 1.80 bits per heavy atom. The molecule has 0 unspecified atom stereocenters. The number of methoxy groups -OCH3 is 1. The summed E-state index contributed by atoms with van der Waals surface area (Å²) in [6, 6.07) is 5.47. The van der Waals surface area contributed by atoms with Crippen LogP contribution in [0.5, 0.6) is 5.88 Å². The SMILES string of the molecule is COc1ccc2ccc(F)c(C(C(=O)O)C(=O)O)c2n1. The quantitative estimate of drug-likeness (QED) is 0.826. The highest BCUT2D eigenvalue weighted by Gasteiger charge is 2.33. The van der Waals surface area contributed by atoms with Crippen LogP contribution in [-0.4, -0.2) is 34.2 Å². The van der Waals surface area contributed by atoms with E-state index in [1.807, 2.05) is 0 Å². The minimum Gasteiger partial charge on any atom is -0.481 e. The van der Waals surface area contributed by atoms with Crippen molar-refractivity contribution in [3.8, 4) is 5.88 Å². The largest absolute Gasteiger partial charge is 0.481 e. The normalized spacial score (nSPS) is 10.8. The lowest BCUT2D eigenvalue weighted by molar-refractivity contribution is -0.150. The van der Waals surface area contributed by atoms with Crippen LogP contribution >= 0.6 is 0 Å². The first-order valence-electron chi connectivity index (χ1n) is 5.54. The Labute approximate surface area is 112 Å². The molecular formula is C13H10FNO5. The van der Waals surface area contributed by atoms with Crippen molar-refractivity contribution in [3.63, 3.8) is 0 Å². The average molecular weight is 279 g/mol. The van der Waals surface area contributed by atoms with Gasteiger partial charge in [0.2, 0.25) is 5.88 Å². The summed E-state index contributed by atoms with van der Waals surface area (Å²) in [6.45, 7) is 0. The molecular weight excluding hydrogens is 269 g/mol. The Hall–Kier alpha value is -2.70. The highest BCUT2D eigenvalue weighted by atomic mass is 19.1. The molecule has 0 bridgehead atoms. The molecule has 0 saturated carbocycles. The maximum Gasteiger partial charge on any atom is 0.322 e. The predicted molar refractivity (Wildman–Crippen MR) is 66.3 cm³/mol. The Morgan fingerprint density at radius 1 is 1.20 bits per heavy atom. The Morgan fingerprint density at radius 3 is 2.35 bits per heavy atom. The number of aromatic nitrogens is 1. The summed E-state index contributed by atoms with van der Waals surface area (Å²) in [5.41, 5.74) is -0.527. The zero-order valence-electron chi connectivity index (χ0n) is 10.3. The molecule has 6 nitrogen and oxygen atoms in total. The highest BCUT2D eigenvalue weighted by molar-refractivity contribution is 6.02. The number of hydrogen-bond donors (Lipinski definition) is 2. The number of halogens is 1. The summed E-state index contributed by atoms with van der Waals surface area (Å²) in [6.07, 6.45) is 0. The van der Waals surface area contributed by atoms with Crippen molar-refractivity contribution in [2.45, 2.75) is 5.92 Å². The van der Waals surface area contributed by atoms with E-state index in [1.165, 1.54) is 19.2 Å². The predicted octanol–water partition coefficient (Wildman–Crippen LogP) is 1.64. The summed E-state index contributed by atoms with van der Waals surface area (Å²) in [5, 5.41) is 18.4. The second-order valence-corrected chi connectivity index (χ2v) is 4.00. The summed E-state index contributed by atoms with van der Waals surface area (Å²) < 4.78 is 18.8. The third-order valence-corrected chi connectivity index (χ3v) is 2.81. The van der Waals surface area contributed by atoms with Gasteiger partial charge in [0, 0.05) is 17.0 Å². The third-order valence-electron chi connectivity index (χ3n) is 2.81.